The molecule has 0 saturated heterocycles. The van der Waals surface area contributed by atoms with Crippen molar-refractivity contribution in [1.29, 1.82) is 5.26 Å². The molecule has 5 atom stereocenters. The number of aryl methyl sites for hydroxylation is 2. The minimum Gasteiger partial charge on any atom is -0.368 e. The largest absolute Gasteiger partial charge is 0.368 e. The van der Waals surface area contributed by atoms with Gasteiger partial charge in [-0.05, 0) is 85.8 Å². The van der Waals surface area contributed by atoms with Gasteiger partial charge >= 0.3 is 0 Å². The van der Waals surface area contributed by atoms with Gasteiger partial charge in [0.2, 0.25) is 5.95 Å². The molecule has 2 aromatic rings. The van der Waals surface area contributed by atoms with Gasteiger partial charge in [-0.1, -0.05) is 18.2 Å². The summed E-state index contributed by atoms with van der Waals surface area (Å²) in [5, 5.41) is 16.5. The van der Waals surface area contributed by atoms with E-state index in [1.807, 2.05) is 0 Å². The van der Waals surface area contributed by atoms with Crippen LogP contribution >= 0.6 is 0 Å². The standard InChI is InChI=1S/C25H32N6/c1-15-4-3-5-16(2)21(15)13-29-24-28-12-20(11-26)23(31-24)30-14-25-8-17-6-18(9-25)22(27)19(7-17)10-25/h3-5,12,17-19,22H,6-10,13-14,27H2,1-2H3,(H2,28,29,30,31)/t17?,18-,19+,22-,25-. The molecule has 0 aliphatic heterocycles. The molecule has 4 aliphatic rings. The molecule has 0 amide bonds. The van der Waals surface area contributed by atoms with Crippen molar-refractivity contribution in [3.05, 3.63) is 46.6 Å². The van der Waals surface area contributed by atoms with E-state index in [4.69, 9.17) is 5.73 Å². The van der Waals surface area contributed by atoms with Crippen LogP contribution in [-0.2, 0) is 6.54 Å². The van der Waals surface area contributed by atoms with E-state index in [1.165, 1.54) is 48.8 Å². The summed E-state index contributed by atoms with van der Waals surface area (Å²) in [6.07, 6.45) is 7.94. The molecule has 1 aromatic heterocycles. The Morgan fingerprint density at radius 3 is 2.52 bits per heavy atom. The average Bonchev–Trinajstić information content (AvgIpc) is 2.75. The minimum absolute atomic E-state index is 0.301. The zero-order valence-corrected chi connectivity index (χ0v) is 18.5. The Labute approximate surface area is 184 Å². The first-order valence-corrected chi connectivity index (χ1v) is 11.5. The number of nitrogens with one attached hydrogen (secondary N) is 2. The van der Waals surface area contributed by atoms with Gasteiger partial charge in [0.25, 0.3) is 0 Å². The highest BCUT2D eigenvalue weighted by Gasteiger charge is 2.54. The second-order valence-corrected chi connectivity index (χ2v) is 10.2. The van der Waals surface area contributed by atoms with Crippen molar-refractivity contribution in [1.82, 2.24) is 9.97 Å². The Morgan fingerprint density at radius 1 is 1.13 bits per heavy atom. The predicted octanol–water partition coefficient (Wildman–Crippen LogP) is 4.14. The first-order valence-electron chi connectivity index (χ1n) is 11.5. The Kier molecular flexibility index (Phi) is 5.10. The summed E-state index contributed by atoms with van der Waals surface area (Å²) in [5.41, 5.74) is 11.1. The highest BCUT2D eigenvalue weighted by atomic mass is 15.1. The number of aromatic nitrogens is 2. The molecule has 6 rings (SSSR count). The second kappa shape index (κ2) is 7.80. The average molecular weight is 417 g/mol. The maximum Gasteiger partial charge on any atom is 0.224 e. The number of rotatable bonds is 6. The lowest BCUT2D eigenvalue weighted by Crippen LogP contribution is -2.58. The fourth-order valence-electron chi connectivity index (χ4n) is 6.70. The van der Waals surface area contributed by atoms with Gasteiger partial charge in [0.15, 0.2) is 0 Å². The molecule has 1 heterocycles. The summed E-state index contributed by atoms with van der Waals surface area (Å²) < 4.78 is 0. The summed E-state index contributed by atoms with van der Waals surface area (Å²) in [6, 6.07) is 8.95. The van der Waals surface area contributed by atoms with Crippen LogP contribution in [-0.4, -0.2) is 22.6 Å². The number of nitrogens with two attached hydrogens (primary N) is 1. The quantitative estimate of drug-likeness (QED) is 0.654. The molecule has 0 spiro atoms. The molecule has 4 fully saturated rings. The fraction of sp³-hybridized carbons (Fsp3) is 0.560. The van der Waals surface area contributed by atoms with Crippen LogP contribution in [0.3, 0.4) is 0 Å². The lowest BCUT2D eigenvalue weighted by Gasteiger charge is -2.59. The van der Waals surface area contributed by atoms with Crippen LogP contribution in [0.15, 0.2) is 24.4 Å². The molecule has 0 radical (unpaired) electrons. The van der Waals surface area contributed by atoms with Gasteiger partial charge in [-0.15, -0.1) is 0 Å². The molecular formula is C25H32N6. The minimum atomic E-state index is 0.301. The van der Waals surface area contributed by atoms with Crippen molar-refractivity contribution in [3.8, 4) is 6.07 Å². The van der Waals surface area contributed by atoms with Crippen molar-refractivity contribution in [2.24, 2.45) is 28.9 Å². The van der Waals surface area contributed by atoms with E-state index in [2.05, 4.69) is 58.7 Å². The van der Waals surface area contributed by atoms with Crippen LogP contribution in [0.5, 0.6) is 0 Å². The van der Waals surface area contributed by atoms with E-state index in [1.54, 1.807) is 6.20 Å². The summed E-state index contributed by atoms with van der Waals surface area (Å²) in [4.78, 5) is 9.04. The van der Waals surface area contributed by atoms with Crippen LogP contribution in [0, 0.1) is 48.3 Å². The smallest absolute Gasteiger partial charge is 0.224 e. The molecule has 4 aliphatic carbocycles. The van der Waals surface area contributed by atoms with E-state index in [0.29, 0.717) is 47.2 Å². The lowest BCUT2D eigenvalue weighted by molar-refractivity contribution is -0.0591. The molecule has 4 bridgehead atoms. The first-order chi connectivity index (χ1) is 15.0. The third kappa shape index (κ3) is 3.76. The summed E-state index contributed by atoms with van der Waals surface area (Å²) in [6.45, 7) is 5.77. The Hall–Kier alpha value is -2.65. The Morgan fingerprint density at radius 2 is 1.84 bits per heavy atom. The summed E-state index contributed by atoms with van der Waals surface area (Å²) in [7, 11) is 0. The van der Waals surface area contributed by atoms with Crippen molar-refractivity contribution >= 4 is 11.8 Å². The van der Waals surface area contributed by atoms with Gasteiger partial charge in [-0.3, -0.25) is 0 Å². The number of nitrogens with zero attached hydrogens (tertiary/aromatic N) is 3. The molecule has 6 heteroatoms. The molecule has 4 saturated carbocycles. The number of hydrogen-bond donors (Lipinski definition) is 3. The van der Waals surface area contributed by atoms with Gasteiger partial charge < -0.3 is 16.4 Å². The molecule has 4 N–H and O–H groups in total. The van der Waals surface area contributed by atoms with Gasteiger partial charge in [0, 0.05) is 19.1 Å². The number of anilines is 2. The first kappa shape index (κ1) is 20.3. The number of hydrogen-bond acceptors (Lipinski definition) is 6. The maximum absolute atomic E-state index is 9.58. The predicted molar refractivity (Wildman–Crippen MR) is 122 cm³/mol. The van der Waals surface area contributed by atoms with E-state index in [-0.39, 0.29) is 0 Å². The number of nitriles is 1. The summed E-state index contributed by atoms with van der Waals surface area (Å²) >= 11 is 0. The maximum atomic E-state index is 9.58. The van der Waals surface area contributed by atoms with Gasteiger partial charge in [0.05, 0.1) is 6.20 Å². The van der Waals surface area contributed by atoms with E-state index in [9.17, 15) is 5.26 Å². The van der Waals surface area contributed by atoms with Crippen molar-refractivity contribution in [2.45, 2.75) is 58.5 Å². The third-order valence-corrected chi connectivity index (χ3v) is 8.08. The van der Waals surface area contributed by atoms with Crippen molar-refractivity contribution in [3.63, 3.8) is 0 Å². The molecule has 1 aromatic carbocycles. The normalized spacial score (nSPS) is 30.8. The van der Waals surface area contributed by atoms with Gasteiger partial charge in [0.1, 0.15) is 17.5 Å². The van der Waals surface area contributed by atoms with Crippen LogP contribution in [0.4, 0.5) is 11.8 Å². The van der Waals surface area contributed by atoms with Crippen LogP contribution in [0.25, 0.3) is 0 Å². The molecule has 162 valence electrons. The van der Waals surface area contributed by atoms with Crippen molar-refractivity contribution in [2.75, 3.05) is 17.2 Å². The van der Waals surface area contributed by atoms with Crippen LogP contribution in [0.1, 0.15) is 54.4 Å². The highest BCUT2D eigenvalue weighted by molar-refractivity contribution is 5.53. The zero-order chi connectivity index (χ0) is 21.6. The third-order valence-electron chi connectivity index (χ3n) is 8.08. The second-order valence-electron chi connectivity index (χ2n) is 10.2. The van der Waals surface area contributed by atoms with E-state index in [0.717, 1.165) is 12.5 Å². The molecule has 31 heavy (non-hydrogen) atoms. The highest BCUT2D eigenvalue weighted by Crippen LogP contribution is 2.59. The topological polar surface area (TPSA) is 99.7 Å². The van der Waals surface area contributed by atoms with Crippen LogP contribution in [0.2, 0.25) is 0 Å². The van der Waals surface area contributed by atoms with E-state index >= 15 is 0 Å². The molecular weight excluding hydrogens is 384 g/mol. The van der Waals surface area contributed by atoms with Gasteiger partial charge in [-0.25, -0.2) is 4.98 Å². The number of benzene rings is 1. The molecule has 6 nitrogen and oxygen atoms in total. The monoisotopic (exact) mass is 416 g/mol. The van der Waals surface area contributed by atoms with Gasteiger partial charge in [-0.2, -0.15) is 10.2 Å². The Bertz CT molecular complexity index is 989. The van der Waals surface area contributed by atoms with E-state index < -0.39 is 0 Å². The molecule has 1 unspecified atom stereocenters. The SMILES string of the molecule is Cc1cccc(C)c1CNc1ncc(C#N)c(NC[C@]23CC4C[C@H](C2)[C@@H](N)[C@@H](C4)C3)n1. The summed E-state index contributed by atoms with van der Waals surface area (Å²) in [5.74, 6) is 3.36. The zero-order valence-electron chi connectivity index (χ0n) is 18.5. The lowest BCUT2D eigenvalue weighted by atomic mass is 9.48. The van der Waals surface area contributed by atoms with Crippen molar-refractivity contribution < 1.29 is 0 Å². The van der Waals surface area contributed by atoms with Crippen LogP contribution < -0.4 is 16.4 Å². The Balaban J connectivity index is 1.30. The fourth-order valence-corrected chi connectivity index (χ4v) is 6.70.